The van der Waals surface area contributed by atoms with Crippen LogP contribution in [0.15, 0.2) is 36.4 Å². The molecule has 0 saturated carbocycles. The van der Waals surface area contributed by atoms with Crippen LogP contribution in [0.3, 0.4) is 0 Å². The highest BCUT2D eigenvalue weighted by atomic mass is 16.1. The van der Waals surface area contributed by atoms with E-state index in [1.807, 2.05) is 50.2 Å². The lowest BCUT2D eigenvalue weighted by molar-refractivity contribution is 0.102. The number of benzene rings is 1. The molecule has 110 valence electrons. The van der Waals surface area contributed by atoms with Crippen molar-refractivity contribution in [1.29, 1.82) is 0 Å². The molecule has 21 heavy (non-hydrogen) atoms. The van der Waals surface area contributed by atoms with Crippen LogP contribution < -0.4 is 10.6 Å². The van der Waals surface area contributed by atoms with Gasteiger partial charge in [-0.2, -0.15) is 0 Å². The van der Waals surface area contributed by atoms with E-state index in [4.69, 9.17) is 0 Å². The molecule has 4 heteroatoms. The van der Waals surface area contributed by atoms with Crippen LogP contribution in [-0.2, 0) is 0 Å². The van der Waals surface area contributed by atoms with Crippen LogP contribution in [0, 0.1) is 13.8 Å². The largest absolute Gasteiger partial charge is 0.385 e. The molecule has 0 fully saturated rings. The number of hydrogen-bond acceptors (Lipinski definition) is 3. The van der Waals surface area contributed by atoms with E-state index in [0.717, 1.165) is 35.7 Å². The van der Waals surface area contributed by atoms with E-state index < -0.39 is 0 Å². The molecule has 0 aliphatic heterocycles. The Morgan fingerprint density at radius 3 is 2.43 bits per heavy atom. The van der Waals surface area contributed by atoms with E-state index >= 15 is 0 Å². The molecule has 1 heterocycles. The molecule has 4 nitrogen and oxygen atoms in total. The average Bonchev–Trinajstić information content (AvgIpc) is 2.48. The molecule has 0 unspecified atom stereocenters. The van der Waals surface area contributed by atoms with Gasteiger partial charge in [0, 0.05) is 23.5 Å². The number of rotatable bonds is 5. The van der Waals surface area contributed by atoms with Crippen LogP contribution in [-0.4, -0.2) is 17.4 Å². The molecule has 0 bridgehead atoms. The Morgan fingerprint density at radius 1 is 1.10 bits per heavy atom. The van der Waals surface area contributed by atoms with E-state index in [1.165, 1.54) is 0 Å². The van der Waals surface area contributed by atoms with Gasteiger partial charge >= 0.3 is 0 Å². The molecule has 0 aliphatic rings. The summed E-state index contributed by atoms with van der Waals surface area (Å²) in [5.41, 5.74) is 4.18. The average molecular weight is 283 g/mol. The molecule has 0 aliphatic carbocycles. The van der Waals surface area contributed by atoms with Gasteiger partial charge in [-0.05, 0) is 56.7 Å². The first-order valence-electron chi connectivity index (χ1n) is 7.19. The number of hydrogen-bond donors (Lipinski definition) is 2. The van der Waals surface area contributed by atoms with Crippen LogP contribution in [0.2, 0.25) is 0 Å². The molecule has 2 rings (SSSR count). The summed E-state index contributed by atoms with van der Waals surface area (Å²) in [6.45, 7) is 6.87. The van der Waals surface area contributed by atoms with Crippen molar-refractivity contribution in [3.63, 3.8) is 0 Å². The lowest BCUT2D eigenvalue weighted by atomic mass is 10.2. The van der Waals surface area contributed by atoms with Crippen molar-refractivity contribution in [3.05, 3.63) is 53.3 Å². The van der Waals surface area contributed by atoms with Gasteiger partial charge in [-0.25, -0.2) is 0 Å². The first-order valence-corrected chi connectivity index (χ1v) is 7.19. The van der Waals surface area contributed by atoms with Gasteiger partial charge in [0.2, 0.25) is 0 Å². The van der Waals surface area contributed by atoms with E-state index in [-0.39, 0.29) is 5.91 Å². The minimum atomic E-state index is -0.120. The topological polar surface area (TPSA) is 54.0 Å². The van der Waals surface area contributed by atoms with Gasteiger partial charge < -0.3 is 10.6 Å². The van der Waals surface area contributed by atoms with Crippen LogP contribution in [0.25, 0.3) is 0 Å². The SMILES string of the molecule is CCCNc1ccc(C(=O)Nc2ccc(C)nc2C)cc1. The first-order chi connectivity index (χ1) is 10.1. The normalized spacial score (nSPS) is 10.2. The quantitative estimate of drug-likeness (QED) is 0.878. The maximum absolute atomic E-state index is 12.2. The van der Waals surface area contributed by atoms with Crippen molar-refractivity contribution in [2.75, 3.05) is 17.2 Å². The van der Waals surface area contributed by atoms with Crippen molar-refractivity contribution < 1.29 is 4.79 Å². The Morgan fingerprint density at radius 2 is 1.81 bits per heavy atom. The van der Waals surface area contributed by atoms with Gasteiger partial charge in [0.15, 0.2) is 0 Å². The Kier molecular flexibility index (Phi) is 4.93. The molecule has 0 spiro atoms. The van der Waals surface area contributed by atoms with E-state index in [0.29, 0.717) is 5.56 Å². The summed E-state index contributed by atoms with van der Waals surface area (Å²) in [6, 6.07) is 11.3. The highest BCUT2D eigenvalue weighted by Gasteiger charge is 2.08. The zero-order valence-electron chi connectivity index (χ0n) is 12.7. The number of aromatic nitrogens is 1. The number of nitrogens with zero attached hydrogens (tertiary/aromatic N) is 1. The predicted molar refractivity (Wildman–Crippen MR) is 86.9 cm³/mol. The second-order valence-electron chi connectivity index (χ2n) is 5.04. The molecule has 0 saturated heterocycles. The van der Waals surface area contributed by atoms with Crippen LogP contribution in [0.5, 0.6) is 0 Å². The summed E-state index contributed by atoms with van der Waals surface area (Å²) < 4.78 is 0. The van der Waals surface area contributed by atoms with Crippen molar-refractivity contribution in [1.82, 2.24) is 4.98 Å². The molecule has 2 N–H and O–H groups in total. The zero-order chi connectivity index (χ0) is 15.2. The van der Waals surface area contributed by atoms with Crippen molar-refractivity contribution in [3.8, 4) is 0 Å². The van der Waals surface area contributed by atoms with Crippen LogP contribution >= 0.6 is 0 Å². The molecule has 0 atom stereocenters. The van der Waals surface area contributed by atoms with Crippen LogP contribution in [0.4, 0.5) is 11.4 Å². The summed E-state index contributed by atoms with van der Waals surface area (Å²) in [5.74, 6) is -0.120. The van der Waals surface area contributed by atoms with E-state index in [1.54, 1.807) is 0 Å². The number of amides is 1. The summed E-state index contributed by atoms with van der Waals surface area (Å²) in [6.07, 6.45) is 1.07. The number of nitrogens with one attached hydrogen (secondary N) is 2. The van der Waals surface area contributed by atoms with Gasteiger partial charge in [-0.15, -0.1) is 0 Å². The molecular formula is C17H21N3O. The van der Waals surface area contributed by atoms with Crippen LogP contribution in [0.1, 0.15) is 35.1 Å². The lowest BCUT2D eigenvalue weighted by Gasteiger charge is -2.09. The molecular weight excluding hydrogens is 262 g/mol. The highest BCUT2D eigenvalue weighted by molar-refractivity contribution is 6.04. The molecule has 2 aromatic rings. The fraction of sp³-hybridized carbons (Fsp3) is 0.294. The van der Waals surface area contributed by atoms with Gasteiger partial charge in [-0.1, -0.05) is 6.92 Å². The number of pyridine rings is 1. The fourth-order valence-corrected chi connectivity index (χ4v) is 2.02. The zero-order valence-corrected chi connectivity index (χ0v) is 12.7. The molecule has 0 radical (unpaired) electrons. The number of carbonyl (C=O) groups is 1. The molecule has 1 aromatic carbocycles. The second-order valence-corrected chi connectivity index (χ2v) is 5.04. The standard InChI is InChI=1S/C17H21N3O/c1-4-11-18-15-8-6-14(7-9-15)17(21)20-16-10-5-12(2)19-13(16)3/h5-10,18H,4,11H2,1-3H3,(H,20,21). The second kappa shape index (κ2) is 6.88. The predicted octanol–water partition coefficient (Wildman–Crippen LogP) is 3.77. The monoisotopic (exact) mass is 283 g/mol. The Bertz CT molecular complexity index is 620. The van der Waals surface area contributed by atoms with Crippen molar-refractivity contribution in [2.24, 2.45) is 0 Å². The van der Waals surface area contributed by atoms with E-state index in [9.17, 15) is 4.79 Å². The minimum absolute atomic E-state index is 0.120. The third-order valence-electron chi connectivity index (χ3n) is 3.20. The third-order valence-corrected chi connectivity index (χ3v) is 3.20. The summed E-state index contributed by atoms with van der Waals surface area (Å²) in [7, 11) is 0. The van der Waals surface area contributed by atoms with Crippen molar-refractivity contribution in [2.45, 2.75) is 27.2 Å². The maximum Gasteiger partial charge on any atom is 0.255 e. The number of anilines is 2. The van der Waals surface area contributed by atoms with Crippen molar-refractivity contribution >= 4 is 17.3 Å². The summed E-state index contributed by atoms with van der Waals surface area (Å²) in [5, 5.41) is 6.18. The Hall–Kier alpha value is -2.36. The lowest BCUT2D eigenvalue weighted by Crippen LogP contribution is -2.13. The number of aryl methyl sites for hydroxylation is 2. The van der Waals surface area contributed by atoms with Gasteiger partial charge in [0.25, 0.3) is 5.91 Å². The molecule has 1 amide bonds. The summed E-state index contributed by atoms with van der Waals surface area (Å²) >= 11 is 0. The van der Waals surface area contributed by atoms with E-state index in [2.05, 4.69) is 22.5 Å². The smallest absolute Gasteiger partial charge is 0.255 e. The minimum Gasteiger partial charge on any atom is -0.385 e. The Labute approximate surface area is 125 Å². The highest BCUT2D eigenvalue weighted by Crippen LogP contribution is 2.15. The van der Waals surface area contributed by atoms with Gasteiger partial charge in [0.05, 0.1) is 11.4 Å². The van der Waals surface area contributed by atoms with Gasteiger partial charge in [-0.3, -0.25) is 9.78 Å². The fourth-order valence-electron chi connectivity index (χ4n) is 2.02. The summed E-state index contributed by atoms with van der Waals surface area (Å²) in [4.78, 5) is 16.6. The Balaban J connectivity index is 2.06. The first kappa shape index (κ1) is 15.0. The number of carbonyl (C=O) groups excluding carboxylic acids is 1. The van der Waals surface area contributed by atoms with Gasteiger partial charge in [0.1, 0.15) is 0 Å². The molecule has 1 aromatic heterocycles. The third kappa shape index (κ3) is 4.05. The maximum atomic E-state index is 12.2.